The minimum Gasteiger partial charge on any atom is -0.330 e. The fraction of sp³-hybridized carbons (Fsp3) is 0.125. The van der Waals surface area contributed by atoms with Crippen LogP contribution in [0.15, 0.2) is 58.9 Å². The first-order valence-corrected chi connectivity index (χ1v) is 8.44. The number of anilines is 2. The van der Waals surface area contributed by atoms with E-state index in [1.54, 1.807) is 23.1 Å². The lowest BCUT2D eigenvalue weighted by Crippen LogP contribution is -1.89. The molecule has 1 heterocycles. The highest BCUT2D eigenvalue weighted by Crippen LogP contribution is 2.29. The second-order valence-electron chi connectivity index (χ2n) is 4.64. The van der Waals surface area contributed by atoms with Crippen LogP contribution >= 0.6 is 23.1 Å². The predicted molar refractivity (Wildman–Crippen MR) is 90.4 cm³/mol. The van der Waals surface area contributed by atoms with Crippen molar-refractivity contribution in [3.63, 3.8) is 0 Å². The summed E-state index contributed by atoms with van der Waals surface area (Å²) in [6, 6.07) is 18.6. The fourth-order valence-corrected chi connectivity index (χ4v) is 3.61. The summed E-state index contributed by atoms with van der Waals surface area (Å²) in [7, 11) is 0. The molecule has 0 aliphatic carbocycles. The molecule has 21 heavy (non-hydrogen) atoms. The molecule has 0 aliphatic heterocycles. The number of aryl methyl sites for hydroxylation is 1. The molecular weight excluding hydrogens is 298 g/mol. The van der Waals surface area contributed by atoms with E-state index in [0.717, 1.165) is 20.9 Å². The van der Waals surface area contributed by atoms with Gasteiger partial charge in [-0.05, 0) is 30.2 Å². The Bertz CT molecular complexity index is 710. The van der Waals surface area contributed by atoms with E-state index in [2.05, 4.69) is 58.8 Å². The quantitative estimate of drug-likeness (QED) is 0.681. The third-order valence-corrected chi connectivity index (χ3v) is 4.92. The van der Waals surface area contributed by atoms with Crippen LogP contribution in [0, 0.1) is 6.92 Å². The Kier molecular flexibility index (Phi) is 4.52. The topological polar surface area (TPSA) is 37.8 Å². The molecule has 0 saturated carbocycles. The van der Waals surface area contributed by atoms with Gasteiger partial charge in [0.1, 0.15) is 0 Å². The molecule has 3 rings (SSSR count). The highest BCUT2D eigenvalue weighted by molar-refractivity contribution is 8.00. The van der Waals surface area contributed by atoms with Gasteiger partial charge in [-0.2, -0.15) is 0 Å². The van der Waals surface area contributed by atoms with E-state index in [9.17, 15) is 0 Å². The van der Waals surface area contributed by atoms with Crippen molar-refractivity contribution in [2.75, 3.05) is 5.32 Å². The van der Waals surface area contributed by atoms with Crippen molar-refractivity contribution in [3.8, 4) is 0 Å². The number of nitrogens with one attached hydrogen (secondary N) is 1. The van der Waals surface area contributed by atoms with E-state index in [4.69, 9.17) is 0 Å². The van der Waals surface area contributed by atoms with Crippen LogP contribution < -0.4 is 5.32 Å². The zero-order chi connectivity index (χ0) is 14.5. The van der Waals surface area contributed by atoms with Crippen molar-refractivity contribution < 1.29 is 0 Å². The maximum atomic E-state index is 4.22. The average molecular weight is 313 g/mol. The Balaban J connectivity index is 1.61. The number of aromatic nitrogens is 2. The smallest absolute Gasteiger partial charge is 0.210 e. The van der Waals surface area contributed by atoms with Crippen LogP contribution in [0.3, 0.4) is 0 Å². The molecule has 0 atom stereocenters. The average Bonchev–Trinajstić information content (AvgIpc) is 2.94. The third kappa shape index (κ3) is 4.06. The van der Waals surface area contributed by atoms with Crippen molar-refractivity contribution in [1.82, 2.24) is 10.2 Å². The van der Waals surface area contributed by atoms with Crippen LogP contribution in [0.25, 0.3) is 0 Å². The number of nitrogens with zero attached hydrogens (tertiary/aromatic N) is 2. The van der Waals surface area contributed by atoms with Gasteiger partial charge in [0.2, 0.25) is 5.13 Å². The number of benzene rings is 2. The molecule has 0 amide bonds. The summed E-state index contributed by atoms with van der Waals surface area (Å²) in [5, 5.41) is 12.5. The van der Waals surface area contributed by atoms with Gasteiger partial charge in [-0.25, -0.2) is 0 Å². The molecule has 3 nitrogen and oxygen atoms in total. The van der Waals surface area contributed by atoms with Gasteiger partial charge in [-0.3, -0.25) is 0 Å². The first-order valence-electron chi connectivity index (χ1n) is 6.63. The Labute approximate surface area is 132 Å². The Hall–Kier alpha value is -1.85. The van der Waals surface area contributed by atoms with Crippen molar-refractivity contribution in [3.05, 3.63) is 65.7 Å². The van der Waals surface area contributed by atoms with Gasteiger partial charge >= 0.3 is 0 Å². The van der Waals surface area contributed by atoms with Crippen LogP contribution in [0.1, 0.15) is 11.1 Å². The number of rotatable bonds is 5. The molecule has 0 bridgehead atoms. The molecule has 106 valence electrons. The van der Waals surface area contributed by atoms with E-state index in [1.807, 2.05) is 18.2 Å². The van der Waals surface area contributed by atoms with Crippen LogP contribution in [-0.2, 0) is 5.75 Å². The maximum Gasteiger partial charge on any atom is 0.210 e. The third-order valence-electron chi connectivity index (χ3n) is 2.88. The van der Waals surface area contributed by atoms with Crippen LogP contribution in [0.2, 0.25) is 0 Å². The van der Waals surface area contributed by atoms with Crippen LogP contribution in [-0.4, -0.2) is 10.2 Å². The first kappa shape index (κ1) is 14.1. The van der Waals surface area contributed by atoms with Crippen LogP contribution in [0.5, 0.6) is 0 Å². The molecule has 0 radical (unpaired) electrons. The van der Waals surface area contributed by atoms with E-state index in [0.29, 0.717) is 0 Å². The summed E-state index contributed by atoms with van der Waals surface area (Å²) < 4.78 is 0.981. The number of thioether (sulfide) groups is 1. The molecule has 0 fully saturated rings. The Morgan fingerprint density at radius 1 is 1.05 bits per heavy atom. The summed E-state index contributed by atoms with van der Waals surface area (Å²) in [5.74, 6) is 0.917. The van der Waals surface area contributed by atoms with Crippen molar-refractivity contribution in [2.45, 2.75) is 17.0 Å². The van der Waals surface area contributed by atoms with Gasteiger partial charge in [0, 0.05) is 11.4 Å². The van der Waals surface area contributed by atoms with Gasteiger partial charge in [0.15, 0.2) is 4.34 Å². The van der Waals surface area contributed by atoms with Crippen molar-refractivity contribution in [2.24, 2.45) is 0 Å². The first-order chi connectivity index (χ1) is 10.3. The lowest BCUT2D eigenvalue weighted by molar-refractivity contribution is 1.01. The lowest BCUT2D eigenvalue weighted by Gasteiger charge is -2.01. The lowest BCUT2D eigenvalue weighted by atomic mass is 10.2. The standard InChI is InChI=1S/C16H15N3S2/c1-12-6-5-9-14(10-12)17-15-18-19-16(21-15)20-11-13-7-3-2-4-8-13/h2-10H,11H2,1H3,(H,17,18). The summed E-state index contributed by atoms with van der Waals surface area (Å²) in [6.07, 6.45) is 0. The molecule has 0 spiro atoms. The second kappa shape index (κ2) is 6.74. The monoisotopic (exact) mass is 313 g/mol. The molecular formula is C16H15N3S2. The minimum atomic E-state index is 0.830. The van der Waals surface area contributed by atoms with Crippen molar-refractivity contribution in [1.29, 1.82) is 0 Å². The molecule has 2 aromatic carbocycles. The molecule has 0 saturated heterocycles. The summed E-state index contributed by atoms with van der Waals surface area (Å²) in [5.41, 5.74) is 3.57. The van der Waals surface area contributed by atoms with Gasteiger partial charge in [-0.1, -0.05) is 65.6 Å². The van der Waals surface area contributed by atoms with E-state index < -0.39 is 0 Å². The highest BCUT2D eigenvalue weighted by Gasteiger charge is 2.05. The Morgan fingerprint density at radius 2 is 1.90 bits per heavy atom. The van der Waals surface area contributed by atoms with Crippen LogP contribution in [0.4, 0.5) is 10.8 Å². The minimum absolute atomic E-state index is 0.830. The normalized spacial score (nSPS) is 10.5. The summed E-state index contributed by atoms with van der Waals surface area (Å²) in [4.78, 5) is 0. The zero-order valence-corrected chi connectivity index (χ0v) is 13.2. The Morgan fingerprint density at radius 3 is 2.71 bits per heavy atom. The van der Waals surface area contributed by atoms with Gasteiger partial charge in [0.25, 0.3) is 0 Å². The van der Waals surface area contributed by atoms with Gasteiger partial charge in [0.05, 0.1) is 0 Å². The number of hydrogen-bond acceptors (Lipinski definition) is 5. The molecule has 5 heteroatoms. The van der Waals surface area contributed by atoms with E-state index in [1.165, 1.54) is 11.1 Å². The van der Waals surface area contributed by atoms with Gasteiger partial charge in [-0.15, -0.1) is 10.2 Å². The zero-order valence-electron chi connectivity index (χ0n) is 11.6. The summed E-state index contributed by atoms with van der Waals surface area (Å²) >= 11 is 3.30. The SMILES string of the molecule is Cc1cccc(Nc2nnc(SCc3ccccc3)s2)c1. The molecule has 1 aromatic heterocycles. The highest BCUT2D eigenvalue weighted by atomic mass is 32.2. The van der Waals surface area contributed by atoms with E-state index >= 15 is 0 Å². The number of hydrogen-bond donors (Lipinski definition) is 1. The second-order valence-corrected chi connectivity index (χ2v) is 6.84. The van der Waals surface area contributed by atoms with E-state index in [-0.39, 0.29) is 0 Å². The molecule has 0 aliphatic rings. The maximum absolute atomic E-state index is 4.22. The predicted octanol–water partition coefficient (Wildman–Crippen LogP) is 4.88. The van der Waals surface area contributed by atoms with Crippen molar-refractivity contribution >= 4 is 33.9 Å². The fourth-order valence-electron chi connectivity index (χ4n) is 1.88. The summed E-state index contributed by atoms with van der Waals surface area (Å²) in [6.45, 7) is 2.08. The molecule has 1 N–H and O–H groups in total. The van der Waals surface area contributed by atoms with Gasteiger partial charge < -0.3 is 5.32 Å². The molecule has 3 aromatic rings. The molecule has 0 unspecified atom stereocenters. The largest absolute Gasteiger partial charge is 0.330 e.